The molecule has 3 heterocycles. The van der Waals surface area contributed by atoms with Crippen molar-refractivity contribution in [3.8, 4) is 0 Å². The zero-order valence-corrected chi connectivity index (χ0v) is 18.4. The number of amides is 2. The number of hydrogen-bond donors (Lipinski definition) is 2. The number of likely N-dealkylation sites (N-methyl/N-ethyl adjacent to an activating group) is 1. The van der Waals surface area contributed by atoms with Crippen molar-refractivity contribution < 1.29 is 19.1 Å². The molecule has 2 atom stereocenters. The second-order valence-electron chi connectivity index (χ2n) is 8.09. The van der Waals surface area contributed by atoms with E-state index in [1.165, 1.54) is 28.8 Å². The van der Waals surface area contributed by atoms with Gasteiger partial charge in [0, 0.05) is 25.7 Å². The summed E-state index contributed by atoms with van der Waals surface area (Å²) in [4.78, 5) is 32.4. The highest BCUT2D eigenvalue weighted by Crippen LogP contribution is 2.39. The maximum absolute atomic E-state index is 14.2. The first-order valence-electron chi connectivity index (χ1n) is 10.3. The van der Waals surface area contributed by atoms with Gasteiger partial charge < -0.3 is 10.0 Å². The van der Waals surface area contributed by atoms with Gasteiger partial charge >= 0.3 is 6.09 Å². The van der Waals surface area contributed by atoms with Gasteiger partial charge in [-0.25, -0.2) is 14.6 Å². The van der Waals surface area contributed by atoms with Gasteiger partial charge in [-0.2, -0.15) is 4.99 Å². The largest absolute Gasteiger partial charge is 0.465 e. The van der Waals surface area contributed by atoms with Crippen LogP contribution >= 0.6 is 11.8 Å². The molecule has 4 rings (SSSR count). The number of benzene rings is 1. The standard InChI is InChI=1S/C21H26FN5O3S/c1-25(2)16-7-10-26(21(29)30)18(16)15-6-5-14(22)11-13(15)12-17-19(28)24-20(31-17)27-9-4-3-8-23-27/h5-6,11-12,16,18,23H,3-4,7-10H2,1-2H3,(H,29,30)/b17-12+/t16-,18?/m1/s1. The van der Waals surface area contributed by atoms with Gasteiger partial charge in [0.05, 0.1) is 10.9 Å². The predicted molar refractivity (Wildman–Crippen MR) is 118 cm³/mol. The number of carboxylic acid groups (broad SMARTS) is 1. The van der Waals surface area contributed by atoms with Crippen molar-refractivity contribution in [1.82, 2.24) is 20.2 Å². The Morgan fingerprint density at radius 1 is 1.35 bits per heavy atom. The molecule has 2 N–H and O–H groups in total. The number of nitrogens with one attached hydrogen (secondary N) is 1. The van der Waals surface area contributed by atoms with Crippen molar-refractivity contribution in [2.75, 3.05) is 33.7 Å². The summed E-state index contributed by atoms with van der Waals surface area (Å²) >= 11 is 1.25. The first kappa shape index (κ1) is 21.8. The Morgan fingerprint density at radius 2 is 2.16 bits per heavy atom. The summed E-state index contributed by atoms with van der Waals surface area (Å²) in [6.07, 6.45) is 3.40. The summed E-state index contributed by atoms with van der Waals surface area (Å²) in [5.41, 5.74) is 4.42. The molecule has 2 fully saturated rings. The van der Waals surface area contributed by atoms with E-state index in [-0.39, 0.29) is 11.9 Å². The zero-order valence-electron chi connectivity index (χ0n) is 17.5. The number of carbonyl (C=O) groups excluding carboxylic acids is 1. The second-order valence-corrected chi connectivity index (χ2v) is 9.10. The quantitative estimate of drug-likeness (QED) is 0.689. The van der Waals surface area contributed by atoms with E-state index in [0.29, 0.717) is 34.2 Å². The van der Waals surface area contributed by atoms with Crippen molar-refractivity contribution in [2.45, 2.75) is 31.3 Å². The fourth-order valence-electron chi connectivity index (χ4n) is 4.35. The number of hydrazine groups is 1. The Bertz CT molecular complexity index is 945. The van der Waals surface area contributed by atoms with E-state index in [1.54, 1.807) is 12.1 Å². The Labute approximate surface area is 184 Å². The fraction of sp³-hybridized carbons (Fsp3) is 0.476. The van der Waals surface area contributed by atoms with Crippen LogP contribution in [0.15, 0.2) is 28.1 Å². The lowest BCUT2D eigenvalue weighted by Gasteiger charge is -2.31. The molecule has 2 saturated heterocycles. The third-order valence-electron chi connectivity index (χ3n) is 5.88. The Hall–Kier alpha value is -2.43. The lowest BCUT2D eigenvalue weighted by Crippen LogP contribution is -2.45. The minimum absolute atomic E-state index is 0.0463. The van der Waals surface area contributed by atoms with E-state index in [9.17, 15) is 19.1 Å². The molecule has 31 heavy (non-hydrogen) atoms. The van der Waals surface area contributed by atoms with Gasteiger partial charge in [-0.3, -0.25) is 14.7 Å². The summed E-state index contributed by atoms with van der Waals surface area (Å²) in [6, 6.07) is 3.83. The number of amidine groups is 1. The number of rotatable bonds is 3. The first-order valence-corrected chi connectivity index (χ1v) is 11.2. The summed E-state index contributed by atoms with van der Waals surface area (Å²) in [5, 5.41) is 12.2. The van der Waals surface area contributed by atoms with Crippen LogP contribution in [0.1, 0.15) is 36.4 Å². The van der Waals surface area contributed by atoms with Crippen LogP contribution in [0.3, 0.4) is 0 Å². The fourth-order valence-corrected chi connectivity index (χ4v) is 5.26. The number of halogens is 1. The van der Waals surface area contributed by atoms with Crippen molar-refractivity contribution in [3.05, 3.63) is 40.0 Å². The zero-order chi connectivity index (χ0) is 22.1. The molecule has 166 valence electrons. The molecular formula is C21H26FN5O3S. The van der Waals surface area contributed by atoms with Gasteiger partial charge in [0.2, 0.25) is 0 Å². The number of hydrogen-bond acceptors (Lipinski definition) is 6. The van der Waals surface area contributed by atoms with Crippen LogP contribution in [-0.2, 0) is 4.79 Å². The first-order chi connectivity index (χ1) is 14.8. The van der Waals surface area contributed by atoms with Crippen LogP contribution in [0.2, 0.25) is 0 Å². The molecule has 3 aliphatic rings. The average Bonchev–Trinajstić information content (AvgIpc) is 3.33. The summed E-state index contributed by atoms with van der Waals surface area (Å²) in [7, 11) is 3.82. The second kappa shape index (κ2) is 8.97. The van der Waals surface area contributed by atoms with Crippen LogP contribution in [0.4, 0.5) is 9.18 Å². The molecule has 1 unspecified atom stereocenters. The van der Waals surface area contributed by atoms with Gasteiger partial charge in [0.25, 0.3) is 5.91 Å². The molecule has 1 aromatic carbocycles. The van der Waals surface area contributed by atoms with Crippen LogP contribution in [-0.4, -0.2) is 76.9 Å². The highest BCUT2D eigenvalue weighted by atomic mass is 32.2. The van der Waals surface area contributed by atoms with Crippen LogP contribution in [0.5, 0.6) is 0 Å². The van der Waals surface area contributed by atoms with E-state index in [2.05, 4.69) is 10.4 Å². The third kappa shape index (κ3) is 4.46. The topological polar surface area (TPSA) is 88.5 Å². The number of thioether (sulfide) groups is 1. The molecule has 0 bridgehead atoms. The van der Waals surface area contributed by atoms with Gasteiger partial charge in [0.1, 0.15) is 5.82 Å². The molecular weight excluding hydrogens is 421 g/mol. The van der Waals surface area contributed by atoms with E-state index in [4.69, 9.17) is 0 Å². The third-order valence-corrected chi connectivity index (χ3v) is 6.89. The Morgan fingerprint density at radius 3 is 2.84 bits per heavy atom. The Kier molecular flexibility index (Phi) is 6.31. The van der Waals surface area contributed by atoms with E-state index in [0.717, 1.165) is 25.9 Å². The van der Waals surface area contributed by atoms with E-state index < -0.39 is 18.0 Å². The van der Waals surface area contributed by atoms with Gasteiger partial charge in [-0.15, -0.1) is 0 Å². The molecule has 0 saturated carbocycles. The monoisotopic (exact) mass is 447 g/mol. The lowest BCUT2D eigenvalue weighted by atomic mass is 9.94. The summed E-state index contributed by atoms with van der Waals surface area (Å²) in [6.45, 7) is 2.01. The summed E-state index contributed by atoms with van der Waals surface area (Å²) < 4.78 is 14.2. The molecule has 0 aliphatic carbocycles. The van der Waals surface area contributed by atoms with Crippen LogP contribution in [0, 0.1) is 5.82 Å². The maximum atomic E-state index is 14.2. The van der Waals surface area contributed by atoms with Gasteiger partial charge in [-0.1, -0.05) is 6.07 Å². The number of likely N-dealkylation sites (tertiary alicyclic amines) is 1. The molecule has 1 aromatic rings. The minimum Gasteiger partial charge on any atom is -0.465 e. The maximum Gasteiger partial charge on any atom is 0.407 e. The molecule has 10 heteroatoms. The molecule has 0 radical (unpaired) electrons. The lowest BCUT2D eigenvalue weighted by molar-refractivity contribution is -0.113. The van der Waals surface area contributed by atoms with Crippen molar-refractivity contribution in [2.24, 2.45) is 4.99 Å². The molecule has 2 amide bonds. The SMILES string of the molecule is CN(C)[C@@H]1CCN(C(=O)O)C1c1ccc(F)cc1/C=C1/SC(N2CCCCN2)=NC1=O. The minimum atomic E-state index is -1.01. The van der Waals surface area contributed by atoms with Crippen molar-refractivity contribution in [1.29, 1.82) is 0 Å². The van der Waals surface area contributed by atoms with Gasteiger partial charge in [0.15, 0.2) is 5.17 Å². The number of nitrogens with zero attached hydrogens (tertiary/aromatic N) is 4. The molecule has 0 aromatic heterocycles. The van der Waals surface area contributed by atoms with Crippen molar-refractivity contribution >= 4 is 35.0 Å². The van der Waals surface area contributed by atoms with Crippen LogP contribution < -0.4 is 5.43 Å². The molecule has 0 spiro atoms. The summed E-state index contributed by atoms with van der Waals surface area (Å²) in [5.74, 6) is -0.806. The average molecular weight is 448 g/mol. The molecule has 8 nitrogen and oxygen atoms in total. The molecule has 3 aliphatic heterocycles. The normalized spacial score (nSPS) is 25.6. The van der Waals surface area contributed by atoms with E-state index >= 15 is 0 Å². The highest BCUT2D eigenvalue weighted by Gasteiger charge is 2.40. The van der Waals surface area contributed by atoms with Crippen molar-refractivity contribution in [3.63, 3.8) is 0 Å². The number of carbonyl (C=O) groups is 2. The smallest absolute Gasteiger partial charge is 0.407 e. The van der Waals surface area contributed by atoms with Gasteiger partial charge in [-0.05, 0) is 74.5 Å². The Balaban J connectivity index is 1.67. The predicted octanol–water partition coefficient (Wildman–Crippen LogP) is 2.75. The van der Waals surface area contributed by atoms with E-state index in [1.807, 2.05) is 24.0 Å². The highest BCUT2D eigenvalue weighted by molar-refractivity contribution is 8.18. The number of aliphatic imine (C=N–C) groups is 1. The van der Waals surface area contributed by atoms with Crippen LogP contribution in [0.25, 0.3) is 6.08 Å².